The zero-order valence-corrected chi connectivity index (χ0v) is 7.60. The first-order chi connectivity index (χ1) is 5.42. The second-order valence-electron chi connectivity index (χ2n) is 2.43. The fraction of sp³-hybridized carbons (Fsp3) is 0.667. The molecule has 0 bridgehead atoms. The summed E-state index contributed by atoms with van der Waals surface area (Å²) < 4.78 is 7.00. The van der Waals surface area contributed by atoms with Crippen molar-refractivity contribution in [3.8, 4) is 6.01 Å². The van der Waals surface area contributed by atoms with Gasteiger partial charge in [-0.25, -0.2) is 0 Å². The average Bonchev–Trinajstić information content (AvgIpc) is 2.47. The lowest BCUT2D eigenvalue weighted by Gasteiger charge is -2.14. The SMILES string of the molecule is COc1nnc2n1CCNC2.Cl. The van der Waals surface area contributed by atoms with Gasteiger partial charge in [-0.3, -0.25) is 4.57 Å². The van der Waals surface area contributed by atoms with E-state index in [2.05, 4.69) is 15.5 Å². The topological polar surface area (TPSA) is 52.0 Å². The third-order valence-corrected chi connectivity index (χ3v) is 1.77. The number of ether oxygens (including phenoxy) is 1. The molecule has 0 fully saturated rings. The van der Waals surface area contributed by atoms with Crippen LogP contribution in [0.5, 0.6) is 6.01 Å². The Morgan fingerprint density at radius 2 is 2.33 bits per heavy atom. The number of rotatable bonds is 1. The highest BCUT2D eigenvalue weighted by Crippen LogP contribution is 2.11. The van der Waals surface area contributed by atoms with Gasteiger partial charge in [-0.1, -0.05) is 5.10 Å². The molecule has 0 spiro atoms. The van der Waals surface area contributed by atoms with Gasteiger partial charge in [-0.05, 0) is 0 Å². The van der Waals surface area contributed by atoms with Crippen LogP contribution in [0.4, 0.5) is 0 Å². The number of halogens is 1. The minimum Gasteiger partial charge on any atom is -0.467 e. The van der Waals surface area contributed by atoms with Gasteiger partial charge in [0.25, 0.3) is 0 Å². The molecule has 2 heterocycles. The van der Waals surface area contributed by atoms with Gasteiger partial charge in [0.2, 0.25) is 0 Å². The molecule has 5 nitrogen and oxygen atoms in total. The Kier molecular flexibility index (Phi) is 2.88. The van der Waals surface area contributed by atoms with Crippen molar-refractivity contribution in [1.29, 1.82) is 0 Å². The minimum absolute atomic E-state index is 0. The van der Waals surface area contributed by atoms with Crippen LogP contribution in [0.15, 0.2) is 0 Å². The molecule has 0 radical (unpaired) electrons. The van der Waals surface area contributed by atoms with Crippen molar-refractivity contribution in [2.45, 2.75) is 13.1 Å². The molecule has 12 heavy (non-hydrogen) atoms. The van der Waals surface area contributed by atoms with E-state index in [1.807, 2.05) is 4.57 Å². The van der Waals surface area contributed by atoms with Crippen molar-refractivity contribution in [3.05, 3.63) is 5.82 Å². The van der Waals surface area contributed by atoms with Crippen molar-refractivity contribution in [2.24, 2.45) is 0 Å². The molecule has 0 aromatic carbocycles. The summed E-state index contributed by atoms with van der Waals surface area (Å²) in [6.07, 6.45) is 0. The number of hydrogen-bond donors (Lipinski definition) is 1. The third kappa shape index (κ3) is 1.37. The lowest BCUT2D eigenvalue weighted by molar-refractivity contribution is 0.344. The summed E-state index contributed by atoms with van der Waals surface area (Å²) in [6, 6.07) is 0.613. The van der Waals surface area contributed by atoms with E-state index in [-0.39, 0.29) is 12.4 Å². The Bertz CT molecular complexity index is 249. The fourth-order valence-corrected chi connectivity index (χ4v) is 1.22. The van der Waals surface area contributed by atoms with Crippen molar-refractivity contribution in [2.75, 3.05) is 13.7 Å². The number of nitrogens with zero attached hydrogens (tertiary/aromatic N) is 3. The molecule has 1 aromatic heterocycles. The molecule has 1 aromatic rings. The monoisotopic (exact) mass is 190 g/mol. The summed E-state index contributed by atoms with van der Waals surface area (Å²) in [5.41, 5.74) is 0. The molecule has 0 aliphatic carbocycles. The van der Waals surface area contributed by atoms with Gasteiger partial charge in [0.05, 0.1) is 13.7 Å². The highest BCUT2D eigenvalue weighted by molar-refractivity contribution is 5.85. The molecule has 68 valence electrons. The number of fused-ring (bicyclic) bond motifs is 1. The lowest BCUT2D eigenvalue weighted by atomic mass is 10.4. The van der Waals surface area contributed by atoms with E-state index in [0.29, 0.717) is 6.01 Å². The van der Waals surface area contributed by atoms with E-state index in [9.17, 15) is 0 Å². The summed E-state index contributed by atoms with van der Waals surface area (Å²) in [5.74, 6) is 0.952. The van der Waals surface area contributed by atoms with Crippen molar-refractivity contribution < 1.29 is 4.74 Å². The highest BCUT2D eigenvalue weighted by Gasteiger charge is 2.14. The number of methoxy groups -OCH3 is 1. The van der Waals surface area contributed by atoms with E-state index in [0.717, 1.165) is 25.5 Å². The van der Waals surface area contributed by atoms with E-state index in [1.54, 1.807) is 7.11 Å². The first-order valence-electron chi connectivity index (χ1n) is 3.58. The normalized spacial score (nSPS) is 14.8. The fourth-order valence-electron chi connectivity index (χ4n) is 1.22. The van der Waals surface area contributed by atoms with Crippen LogP contribution in [0.3, 0.4) is 0 Å². The first-order valence-corrected chi connectivity index (χ1v) is 3.58. The van der Waals surface area contributed by atoms with Crippen LogP contribution in [0.25, 0.3) is 0 Å². The molecule has 0 amide bonds. The molecule has 0 unspecified atom stereocenters. The molecule has 1 aliphatic rings. The molecule has 0 saturated heterocycles. The second-order valence-corrected chi connectivity index (χ2v) is 2.43. The number of hydrogen-bond acceptors (Lipinski definition) is 4. The van der Waals surface area contributed by atoms with Crippen LogP contribution in [0.2, 0.25) is 0 Å². The summed E-state index contributed by atoms with van der Waals surface area (Å²) in [7, 11) is 1.61. The molecular formula is C6H11ClN4O. The van der Waals surface area contributed by atoms with Gasteiger partial charge in [0.15, 0.2) is 0 Å². The Labute approximate surface area is 76.5 Å². The van der Waals surface area contributed by atoms with Crippen molar-refractivity contribution in [3.63, 3.8) is 0 Å². The number of nitrogens with one attached hydrogen (secondary N) is 1. The van der Waals surface area contributed by atoms with Gasteiger partial charge in [0.1, 0.15) is 5.82 Å². The first kappa shape index (κ1) is 9.28. The van der Waals surface area contributed by atoms with E-state index >= 15 is 0 Å². The van der Waals surface area contributed by atoms with E-state index in [4.69, 9.17) is 4.74 Å². The van der Waals surface area contributed by atoms with Crippen LogP contribution in [0.1, 0.15) is 5.82 Å². The number of aromatic nitrogens is 3. The average molecular weight is 191 g/mol. The predicted octanol–water partition coefficient (Wildman–Crippen LogP) is -0.188. The quantitative estimate of drug-likeness (QED) is 0.667. The van der Waals surface area contributed by atoms with Gasteiger partial charge in [-0.15, -0.1) is 17.5 Å². The Hall–Kier alpha value is -0.810. The maximum absolute atomic E-state index is 5.01. The summed E-state index contributed by atoms with van der Waals surface area (Å²) in [4.78, 5) is 0. The summed E-state index contributed by atoms with van der Waals surface area (Å²) in [5, 5.41) is 11.0. The molecule has 6 heteroatoms. The standard InChI is InChI=1S/C6H10N4O.ClH/c1-11-6-9-8-5-4-7-2-3-10(5)6;/h7H,2-4H2,1H3;1H. The van der Waals surface area contributed by atoms with Gasteiger partial charge in [-0.2, -0.15) is 0 Å². The Balaban J connectivity index is 0.000000720. The second kappa shape index (κ2) is 3.73. The maximum atomic E-state index is 5.01. The molecular weight excluding hydrogens is 180 g/mol. The zero-order valence-electron chi connectivity index (χ0n) is 6.78. The van der Waals surface area contributed by atoms with Crippen LogP contribution >= 0.6 is 12.4 Å². The zero-order chi connectivity index (χ0) is 7.68. The molecule has 2 rings (SSSR count). The highest BCUT2D eigenvalue weighted by atomic mass is 35.5. The summed E-state index contributed by atoms with van der Waals surface area (Å²) >= 11 is 0. The van der Waals surface area contributed by atoms with Crippen molar-refractivity contribution in [1.82, 2.24) is 20.1 Å². The molecule has 0 saturated carbocycles. The minimum atomic E-state index is 0. The smallest absolute Gasteiger partial charge is 0.316 e. The van der Waals surface area contributed by atoms with Gasteiger partial charge < -0.3 is 10.1 Å². The Morgan fingerprint density at radius 3 is 3.08 bits per heavy atom. The lowest BCUT2D eigenvalue weighted by Crippen LogP contribution is -2.28. The Morgan fingerprint density at radius 1 is 1.50 bits per heavy atom. The van der Waals surface area contributed by atoms with Crippen LogP contribution in [0, 0.1) is 0 Å². The van der Waals surface area contributed by atoms with Gasteiger partial charge in [0, 0.05) is 13.1 Å². The van der Waals surface area contributed by atoms with E-state index < -0.39 is 0 Å². The predicted molar refractivity (Wildman–Crippen MR) is 45.5 cm³/mol. The van der Waals surface area contributed by atoms with Crippen LogP contribution in [-0.2, 0) is 13.1 Å². The molecule has 0 atom stereocenters. The van der Waals surface area contributed by atoms with Crippen molar-refractivity contribution >= 4 is 12.4 Å². The maximum Gasteiger partial charge on any atom is 0.316 e. The third-order valence-electron chi connectivity index (χ3n) is 1.77. The molecule has 1 N–H and O–H groups in total. The largest absolute Gasteiger partial charge is 0.467 e. The van der Waals surface area contributed by atoms with Gasteiger partial charge >= 0.3 is 6.01 Å². The van der Waals surface area contributed by atoms with Crippen LogP contribution in [-0.4, -0.2) is 28.4 Å². The molecule has 1 aliphatic heterocycles. The van der Waals surface area contributed by atoms with E-state index in [1.165, 1.54) is 0 Å². The summed E-state index contributed by atoms with van der Waals surface area (Å²) in [6.45, 7) is 2.64. The van der Waals surface area contributed by atoms with Crippen LogP contribution < -0.4 is 10.1 Å².